The highest BCUT2D eigenvalue weighted by molar-refractivity contribution is 14.0. The van der Waals surface area contributed by atoms with Crippen LogP contribution in [-0.2, 0) is 12.1 Å². The first kappa shape index (κ1) is 25.3. The predicted octanol–water partition coefficient (Wildman–Crippen LogP) is 3.35. The van der Waals surface area contributed by atoms with Gasteiger partial charge in [-0.3, -0.25) is 0 Å². The van der Waals surface area contributed by atoms with Gasteiger partial charge in [-0.05, 0) is 25.3 Å². The highest BCUT2D eigenvalue weighted by Gasteiger charge is 2.24. The van der Waals surface area contributed by atoms with Crippen molar-refractivity contribution in [3.63, 3.8) is 0 Å². The Balaban J connectivity index is 0.00000420. The molecule has 0 aliphatic rings. The molecule has 0 radical (unpaired) electrons. The number of aliphatic hydroxyl groups is 1. The predicted molar refractivity (Wildman–Crippen MR) is 128 cm³/mol. The Labute approximate surface area is 193 Å². The third-order valence-electron chi connectivity index (χ3n) is 4.21. The summed E-state index contributed by atoms with van der Waals surface area (Å²) in [6, 6.07) is 7.45. The minimum Gasteiger partial charge on any atom is -0.496 e. The van der Waals surface area contributed by atoms with E-state index in [0.29, 0.717) is 42.8 Å². The summed E-state index contributed by atoms with van der Waals surface area (Å²) in [5.74, 6) is 2.53. The first-order chi connectivity index (χ1) is 13.4. The normalized spacial score (nSPS) is 13.1. The molecule has 0 aliphatic carbocycles. The minimum atomic E-state index is -0.986. The Morgan fingerprint density at radius 2 is 1.79 bits per heavy atom. The number of rotatable bonds is 9. The van der Waals surface area contributed by atoms with Crippen molar-refractivity contribution in [2.24, 2.45) is 4.99 Å². The van der Waals surface area contributed by atoms with E-state index in [-0.39, 0.29) is 24.0 Å². The molecule has 0 aliphatic heterocycles. The van der Waals surface area contributed by atoms with Gasteiger partial charge in [-0.1, -0.05) is 6.07 Å². The van der Waals surface area contributed by atoms with Crippen molar-refractivity contribution in [1.82, 2.24) is 10.6 Å². The molecule has 29 heavy (non-hydrogen) atoms. The number of hydrogen-bond donors (Lipinski definition) is 3. The van der Waals surface area contributed by atoms with Gasteiger partial charge >= 0.3 is 0 Å². The average Bonchev–Trinajstić information content (AvgIpc) is 3.25. The van der Waals surface area contributed by atoms with Crippen LogP contribution in [0.15, 0.2) is 34.6 Å². The Bertz CT molecular complexity index is 757. The van der Waals surface area contributed by atoms with Crippen molar-refractivity contribution in [2.45, 2.75) is 26.0 Å². The largest absolute Gasteiger partial charge is 0.496 e. The molecule has 1 unspecified atom stereocenters. The van der Waals surface area contributed by atoms with Gasteiger partial charge in [0, 0.05) is 23.6 Å². The van der Waals surface area contributed by atoms with Crippen LogP contribution in [0.1, 0.15) is 24.3 Å². The zero-order valence-corrected chi connectivity index (χ0v) is 20.6. The summed E-state index contributed by atoms with van der Waals surface area (Å²) >= 11 is 1.52. The third-order valence-corrected chi connectivity index (χ3v) is 5.33. The highest BCUT2D eigenvalue weighted by atomic mass is 127. The van der Waals surface area contributed by atoms with Gasteiger partial charge < -0.3 is 30.0 Å². The lowest BCUT2D eigenvalue weighted by atomic mass is 10.1. The topological polar surface area (TPSA) is 84.3 Å². The molecule has 1 aromatic carbocycles. The highest BCUT2D eigenvalue weighted by Crippen LogP contribution is 2.34. The standard InChI is InChI=1S/C20H29N3O4S.HI/c1-6-21-19(23-13-20(2,24)18-8-7-9-28-18)22-12-15-16(26-4)10-14(25-3)11-17(15)27-5;/h7-11,24H,6,12-13H2,1-5H3,(H2,21,22,23);1H. The van der Waals surface area contributed by atoms with Crippen LogP contribution in [0, 0.1) is 0 Å². The van der Waals surface area contributed by atoms with Gasteiger partial charge in [0.15, 0.2) is 5.96 Å². The van der Waals surface area contributed by atoms with E-state index in [0.717, 1.165) is 10.4 Å². The molecule has 162 valence electrons. The van der Waals surface area contributed by atoms with Crippen LogP contribution < -0.4 is 24.8 Å². The molecule has 7 nitrogen and oxygen atoms in total. The maximum absolute atomic E-state index is 10.7. The number of thiophene rings is 1. The van der Waals surface area contributed by atoms with Gasteiger partial charge in [-0.25, -0.2) is 4.99 Å². The Hall–Kier alpha value is -1.72. The van der Waals surface area contributed by atoms with Crippen LogP contribution in [0.5, 0.6) is 17.2 Å². The first-order valence-corrected chi connectivity index (χ1v) is 9.90. The van der Waals surface area contributed by atoms with Gasteiger partial charge in [0.1, 0.15) is 22.8 Å². The van der Waals surface area contributed by atoms with Gasteiger partial charge in [0.05, 0.1) is 40.0 Å². The number of hydrogen-bond acceptors (Lipinski definition) is 6. The van der Waals surface area contributed by atoms with E-state index in [1.807, 2.05) is 24.4 Å². The second kappa shape index (κ2) is 12.1. The summed E-state index contributed by atoms with van der Waals surface area (Å²) in [6.45, 7) is 5.14. The molecule has 0 amide bonds. The third kappa shape index (κ3) is 6.93. The molecular weight excluding hydrogens is 505 g/mol. The minimum absolute atomic E-state index is 0. The van der Waals surface area contributed by atoms with Crippen molar-refractivity contribution in [3.8, 4) is 17.2 Å². The number of benzene rings is 1. The molecule has 2 aromatic rings. The fourth-order valence-corrected chi connectivity index (χ4v) is 3.45. The smallest absolute Gasteiger partial charge is 0.191 e. The van der Waals surface area contributed by atoms with E-state index < -0.39 is 5.60 Å². The summed E-state index contributed by atoms with van der Waals surface area (Å²) in [4.78, 5) is 5.52. The van der Waals surface area contributed by atoms with E-state index in [1.54, 1.807) is 40.4 Å². The van der Waals surface area contributed by atoms with Gasteiger partial charge in [0.25, 0.3) is 0 Å². The molecular formula is C20H30IN3O4S. The SMILES string of the molecule is CCNC(=NCc1c(OC)cc(OC)cc1OC)NCC(C)(O)c1cccs1.I. The second-order valence-electron chi connectivity index (χ2n) is 6.31. The molecule has 0 saturated heterocycles. The summed E-state index contributed by atoms with van der Waals surface area (Å²) < 4.78 is 16.2. The van der Waals surface area contributed by atoms with E-state index in [9.17, 15) is 5.11 Å². The first-order valence-electron chi connectivity index (χ1n) is 9.02. The monoisotopic (exact) mass is 535 g/mol. The zero-order chi connectivity index (χ0) is 20.6. The fraction of sp³-hybridized carbons (Fsp3) is 0.450. The number of halogens is 1. The fourth-order valence-electron chi connectivity index (χ4n) is 2.66. The van der Waals surface area contributed by atoms with E-state index >= 15 is 0 Å². The van der Waals surface area contributed by atoms with Crippen molar-refractivity contribution in [1.29, 1.82) is 0 Å². The maximum atomic E-state index is 10.7. The van der Waals surface area contributed by atoms with Crippen LogP contribution in [-0.4, -0.2) is 45.5 Å². The lowest BCUT2D eigenvalue weighted by molar-refractivity contribution is 0.0655. The number of ether oxygens (including phenoxy) is 3. The van der Waals surface area contributed by atoms with Gasteiger partial charge in [-0.2, -0.15) is 0 Å². The quantitative estimate of drug-likeness (QED) is 0.260. The maximum Gasteiger partial charge on any atom is 0.191 e. The lowest BCUT2D eigenvalue weighted by Gasteiger charge is -2.24. The van der Waals surface area contributed by atoms with Crippen LogP contribution in [0.2, 0.25) is 0 Å². The van der Waals surface area contributed by atoms with Crippen molar-refractivity contribution >= 4 is 41.3 Å². The van der Waals surface area contributed by atoms with E-state index in [2.05, 4.69) is 15.6 Å². The molecule has 1 heterocycles. The van der Waals surface area contributed by atoms with E-state index in [1.165, 1.54) is 11.3 Å². The number of nitrogens with zero attached hydrogens (tertiary/aromatic N) is 1. The van der Waals surface area contributed by atoms with Crippen molar-refractivity contribution < 1.29 is 19.3 Å². The molecule has 1 atom stereocenters. The molecule has 3 N–H and O–H groups in total. The average molecular weight is 535 g/mol. The molecule has 0 saturated carbocycles. The number of aliphatic imine (C=N–C) groups is 1. The molecule has 0 fully saturated rings. The van der Waals surface area contributed by atoms with Crippen LogP contribution in [0.25, 0.3) is 0 Å². The number of nitrogens with one attached hydrogen (secondary N) is 2. The summed E-state index contributed by atoms with van der Waals surface area (Å²) in [5.41, 5.74) is -0.173. The van der Waals surface area contributed by atoms with Gasteiger partial charge in [-0.15, -0.1) is 35.3 Å². The summed E-state index contributed by atoms with van der Waals surface area (Å²) in [6.07, 6.45) is 0. The lowest BCUT2D eigenvalue weighted by Crippen LogP contribution is -2.44. The van der Waals surface area contributed by atoms with E-state index in [4.69, 9.17) is 14.2 Å². The Kier molecular flexibility index (Phi) is 10.5. The molecule has 0 bridgehead atoms. The van der Waals surface area contributed by atoms with Gasteiger partial charge in [0.2, 0.25) is 0 Å². The molecule has 2 rings (SSSR count). The second-order valence-corrected chi connectivity index (χ2v) is 7.26. The van der Waals surface area contributed by atoms with Crippen molar-refractivity contribution in [2.75, 3.05) is 34.4 Å². The molecule has 1 aromatic heterocycles. The Morgan fingerprint density at radius 3 is 2.28 bits per heavy atom. The summed E-state index contributed by atoms with van der Waals surface area (Å²) in [5, 5.41) is 19.1. The molecule has 0 spiro atoms. The van der Waals surface area contributed by atoms with Crippen molar-refractivity contribution in [3.05, 3.63) is 40.1 Å². The zero-order valence-electron chi connectivity index (χ0n) is 17.4. The number of guanidine groups is 1. The molecule has 9 heteroatoms. The number of methoxy groups -OCH3 is 3. The van der Waals surface area contributed by atoms with Crippen LogP contribution >= 0.6 is 35.3 Å². The Morgan fingerprint density at radius 1 is 1.14 bits per heavy atom. The summed E-state index contributed by atoms with van der Waals surface area (Å²) in [7, 11) is 4.80. The van der Waals surface area contributed by atoms with Crippen LogP contribution in [0.4, 0.5) is 0 Å². The van der Waals surface area contributed by atoms with Crippen LogP contribution in [0.3, 0.4) is 0 Å².